The van der Waals surface area contributed by atoms with Gasteiger partial charge < -0.3 is 9.80 Å². The highest BCUT2D eigenvalue weighted by Crippen LogP contribution is 2.27. The topological polar surface area (TPSA) is 30.0 Å². The van der Waals surface area contributed by atoms with Crippen LogP contribution in [0.5, 0.6) is 0 Å². The molecule has 0 radical (unpaired) electrons. The van der Waals surface area contributed by atoms with Gasteiger partial charge in [-0.25, -0.2) is 4.79 Å². The van der Waals surface area contributed by atoms with Crippen molar-refractivity contribution in [2.45, 2.75) is 50.6 Å². The molecule has 5 heteroatoms. The second-order valence-corrected chi connectivity index (χ2v) is 7.50. The van der Waals surface area contributed by atoms with Gasteiger partial charge in [0, 0.05) is 64.4 Å². The minimum atomic E-state index is 0.293. The first kappa shape index (κ1) is 14.8. The first-order valence-corrected chi connectivity index (χ1v) is 9.33. The number of hydrogen-bond acceptors (Lipinski definition) is 3. The Morgan fingerprint density at radius 3 is 1.23 bits per heavy atom. The summed E-state index contributed by atoms with van der Waals surface area (Å²) in [6.07, 6.45) is 8.28. The van der Waals surface area contributed by atoms with Gasteiger partial charge in [0.1, 0.15) is 0 Å². The highest BCUT2D eigenvalue weighted by Gasteiger charge is 2.33. The van der Waals surface area contributed by atoms with Gasteiger partial charge in [-0.15, -0.1) is 0 Å². The van der Waals surface area contributed by atoms with Crippen LogP contribution in [0.1, 0.15) is 38.5 Å². The number of nitrogens with zero attached hydrogens (tertiary/aromatic N) is 4. The number of rotatable bonds is 2. The van der Waals surface area contributed by atoms with Gasteiger partial charge in [0.15, 0.2) is 0 Å². The summed E-state index contributed by atoms with van der Waals surface area (Å²) < 4.78 is 0. The Morgan fingerprint density at radius 2 is 0.955 bits per heavy atom. The van der Waals surface area contributed by atoms with Crippen molar-refractivity contribution in [1.29, 1.82) is 0 Å². The third-order valence-electron chi connectivity index (χ3n) is 6.35. The normalized spacial score (nSPS) is 29.3. The number of piperazine rings is 2. The molecule has 0 atom stereocenters. The third kappa shape index (κ3) is 2.85. The Kier molecular flexibility index (Phi) is 4.27. The molecule has 4 aliphatic rings. The molecule has 2 saturated carbocycles. The molecule has 0 spiro atoms. The van der Waals surface area contributed by atoms with E-state index in [-0.39, 0.29) is 0 Å². The largest absolute Gasteiger partial charge is 0.322 e. The number of carbonyl (C=O) groups is 1. The van der Waals surface area contributed by atoms with Crippen LogP contribution in [-0.2, 0) is 0 Å². The molecule has 2 saturated heterocycles. The Morgan fingerprint density at radius 1 is 0.591 bits per heavy atom. The highest BCUT2D eigenvalue weighted by atomic mass is 16.2. The lowest BCUT2D eigenvalue weighted by Gasteiger charge is -2.46. The average Bonchev–Trinajstić information content (AvgIpc) is 2.45. The van der Waals surface area contributed by atoms with Gasteiger partial charge in [-0.3, -0.25) is 9.80 Å². The van der Waals surface area contributed by atoms with Crippen LogP contribution in [0.15, 0.2) is 0 Å². The first-order chi connectivity index (χ1) is 10.8. The van der Waals surface area contributed by atoms with Gasteiger partial charge in [-0.2, -0.15) is 0 Å². The molecule has 2 aliphatic heterocycles. The Balaban J connectivity index is 1.22. The smallest absolute Gasteiger partial charge is 0.320 e. The molecule has 5 nitrogen and oxygen atoms in total. The van der Waals surface area contributed by atoms with Gasteiger partial charge in [0.2, 0.25) is 0 Å². The van der Waals surface area contributed by atoms with Crippen molar-refractivity contribution in [3.05, 3.63) is 0 Å². The minimum Gasteiger partial charge on any atom is -0.322 e. The molecule has 2 aliphatic carbocycles. The molecule has 124 valence electrons. The van der Waals surface area contributed by atoms with Crippen LogP contribution in [0.4, 0.5) is 4.79 Å². The van der Waals surface area contributed by atoms with Gasteiger partial charge >= 0.3 is 6.03 Å². The van der Waals surface area contributed by atoms with Crippen molar-refractivity contribution < 1.29 is 4.79 Å². The predicted octanol–water partition coefficient (Wildman–Crippen LogP) is 1.45. The fourth-order valence-corrected chi connectivity index (χ4v) is 4.26. The molecule has 0 N–H and O–H groups in total. The van der Waals surface area contributed by atoms with Gasteiger partial charge in [-0.05, 0) is 25.7 Å². The quantitative estimate of drug-likeness (QED) is 0.773. The summed E-state index contributed by atoms with van der Waals surface area (Å²) in [6, 6.07) is 1.94. The highest BCUT2D eigenvalue weighted by molar-refractivity contribution is 5.74. The molecule has 0 aromatic carbocycles. The van der Waals surface area contributed by atoms with E-state index in [2.05, 4.69) is 19.6 Å². The van der Waals surface area contributed by atoms with Crippen LogP contribution in [0.25, 0.3) is 0 Å². The van der Waals surface area contributed by atoms with E-state index >= 15 is 0 Å². The summed E-state index contributed by atoms with van der Waals surface area (Å²) in [5.41, 5.74) is 0. The summed E-state index contributed by atoms with van der Waals surface area (Å²) in [5.74, 6) is 0. The van der Waals surface area contributed by atoms with E-state index in [0.717, 1.165) is 64.4 Å². The van der Waals surface area contributed by atoms with Crippen molar-refractivity contribution in [3.8, 4) is 0 Å². The molecule has 0 aromatic heterocycles. The summed E-state index contributed by atoms with van der Waals surface area (Å²) in [7, 11) is 0. The lowest BCUT2D eigenvalue weighted by atomic mass is 9.91. The summed E-state index contributed by atoms with van der Waals surface area (Å²) >= 11 is 0. The van der Waals surface area contributed by atoms with E-state index in [1.165, 1.54) is 38.5 Å². The maximum atomic E-state index is 12.7. The van der Waals surface area contributed by atoms with Gasteiger partial charge in [0.25, 0.3) is 0 Å². The zero-order chi connectivity index (χ0) is 14.9. The van der Waals surface area contributed by atoms with Crippen molar-refractivity contribution >= 4 is 6.03 Å². The van der Waals surface area contributed by atoms with Crippen LogP contribution >= 0.6 is 0 Å². The van der Waals surface area contributed by atoms with Crippen molar-refractivity contribution in [3.63, 3.8) is 0 Å². The maximum absolute atomic E-state index is 12.7. The number of hydrogen-bond donors (Lipinski definition) is 0. The van der Waals surface area contributed by atoms with Crippen LogP contribution in [0.3, 0.4) is 0 Å². The number of urea groups is 1. The van der Waals surface area contributed by atoms with E-state index in [1.54, 1.807) is 0 Å². The van der Waals surface area contributed by atoms with E-state index in [0.29, 0.717) is 6.03 Å². The Bertz CT molecular complexity index is 355. The minimum absolute atomic E-state index is 0.293. The van der Waals surface area contributed by atoms with Crippen LogP contribution in [0.2, 0.25) is 0 Å². The van der Waals surface area contributed by atoms with Crippen molar-refractivity contribution in [1.82, 2.24) is 19.6 Å². The maximum Gasteiger partial charge on any atom is 0.320 e. The van der Waals surface area contributed by atoms with Crippen LogP contribution in [0, 0.1) is 0 Å². The monoisotopic (exact) mass is 306 g/mol. The van der Waals surface area contributed by atoms with Crippen molar-refractivity contribution in [2.75, 3.05) is 52.4 Å². The van der Waals surface area contributed by atoms with Crippen LogP contribution in [-0.4, -0.2) is 90.1 Å². The van der Waals surface area contributed by atoms with E-state index in [1.807, 2.05) is 0 Å². The molecule has 0 unspecified atom stereocenters. The molecule has 4 fully saturated rings. The van der Waals surface area contributed by atoms with Gasteiger partial charge in [0.05, 0.1) is 0 Å². The number of amides is 2. The molecule has 0 aromatic rings. The zero-order valence-electron chi connectivity index (χ0n) is 13.8. The summed E-state index contributed by atoms with van der Waals surface area (Å²) in [6.45, 7) is 8.04. The molecule has 2 heterocycles. The van der Waals surface area contributed by atoms with Gasteiger partial charge in [-0.1, -0.05) is 12.8 Å². The molecule has 22 heavy (non-hydrogen) atoms. The number of carbonyl (C=O) groups excluding carboxylic acids is 1. The zero-order valence-corrected chi connectivity index (χ0v) is 13.8. The standard InChI is InChI=1S/C17H30N4O/c22-17(20-11-7-18(8-12-20)15-3-1-4-15)21-13-9-19(10-14-21)16-5-2-6-16/h15-16H,1-14H2. The molecule has 4 rings (SSSR count). The van der Waals surface area contributed by atoms with Crippen LogP contribution < -0.4 is 0 Å². The molecule has 0 bridgehead atoms. The predicted molar refractivity (Wildman–Crippen MR) is 87.0 cm³/mol. The fraction of sp³-hybridized carbons (Fsp3) is 0.941. The Labute approximate surface area is 134 Å². The van der Waals surface area contributed by atoms with E-state index in [4.69, 9.17) is 0 Å². The second kappa shape index (κ2) is 6.36. The first-order valence-electron chi connectivity index (χ1n) is 9.33. The third-order valence-corrected chi connectivity index (χ3v) is 6.35. The molecular formula is C17H30N4O. The van der Waals surface area contributed by atoms with Crippen molar-refractivity contribution in [2.24, 2.45) is 0 Å². The van der Waals surface area contributed by atoms with E-state index < -0.39 is 0 Å². The summed E-state index contributed by atoms with van der Waals surface area (Å²) in [4.78, 5) is 22.1. The second-order valence-electron chi connectivity index (χ2n) is 7.50. The molecular weight excluding hydrogens is 276 g/mol. The lowest BCUT2D eigenvalue weighted by Crippen LogP contribution is -2.59. The molecule has 2 amide bonds. The average molecular weight is 306 g/mol. The van der Waals surface area contributed by atoms with E-state index in [9.17, 15) is 4.79 Å². The Hall–Kier alpha value is -0.810. The fourth-order valence-electron chi connectivity index (χ4n) is 4.26. The lowest BCUT2D eigenvalue weighted by molar-refractivity contribution is 0.0435. The SMILES string of the molecule is O=C(N1CCN(C2CCC2)CC1)N1CCN(C2CCC2)CC1. The summed E-state index contributed by atoms with van der Waals surface area (Å²) in [5, 5.41) is 0.